The maximum absolute atomic E-state index is 10.5. The summed E-state index contributed by atoms with van der Waals surface area (Å²) in [5, 5.41) is 17.7. The van der Waals surface area contributed by atoms with E-state index in [1.165, 1.54) is 19.3 Å². The van der Waals surface area contributed by atoms with Crippen LogP contribution in [-0.4, -0.2) is 34.7 Å². The molecular weight excluding hydrogens is 296 g/mol. The highest BCUT2D eigenvalue weighted by molar-refractivity contribution is 7.08. The molecule has 0 saturated carbocycles. The van der Waals surface area contributed by atoms with Gasteiger partial charge in [0.25, 0.3) is 0 Å². The Labute approximate surface area is 135 Å². The zero-order valence-electron chi connectivity index (χ0n) is 12.8. The first kappa shape index (κ1) is 15.2. The minimum Gasteiger partial charge on any atom is -0.384 e. The van der Waals surface area contributed by atoms with Crippen molar-refractivity contribution in [2.24, 2.45) is 0 Å². The second kappa shape index (κ2) is 6.62. The first-order valence-electron chi connectivity index (χ1n) is 7.71. The fraction of sp³-hybridized carbons (Fsp3) is 0.500. The van der Waals surface area contributed by atoms with Crippen molar-refractivity contribution in [3.05, 3.63) is 34.8 Å². The van der Waals surface area contributed by atoms with Gasteiger partial charge < -0.3 is 15.3 Å². The number of rotatable bonds is 5. The standard InChI is InChI=1S/C16H22N4OS/c1-16(21,13-5-8-22-10-13)11-17-14-9-15(19-12-18-14)20-6-3-2-4-7-20/h5,8-10,12,21H,2-4,6-7,11H2,1H3,(H,17,18,19). The highest BCUT2D eigenvalue weighted by Gasteiger charge is 2.23. The molecule has 1 saturated heterocycles. The number of anilines is 2. The molecule has 5 nitrogen and oxygen atoms in total. The van der Waals surface area contributed by atoms with E-state index in [-0.39, 0.29) is 0 Å². The number of aliphatic hydroxyl groups is 1. The first-order valence-corrected chi connectivity index (χ1v) is 8.65. The van der Waals surface area contributed by atoms with Crippen LogP contribution < -0.4 is 10.2 Å². The van der Waals surface area contributed by atoms with Gasteiger partial charge in [0.05, 0.1) is 0 Å². The van der Waals surface area contributed by atoms with Crippen molar-refractivity contribution < 1.29 is 5.11 Å². The van der Waals surface area contributed by atoms with Crippen LogP contribution in [0.2, 0.25) is 0 Å². The molecule has 0 bridgehead atoms. The molecular formula is C16H22N4OS. The molecule has 6 heteroatoms. The number of aromatic nitrogens is 2. The third kappa shape index (κ3) is 3.56. The van der Waals surface area contributed by atoms with Crippen LogP contribution >= 0.6 is 11.3 Å². The Morgan fingerprint density at radius 1 is 1.32 bits per heavy atom. The molecule has 1 aliphatic rings. The van der Waals surface area contributed by atoms with E-state index in [2.05, 4.69) is 20.2 Å². The summed E-state index contributed by atoms with van der Waals surface area (Å²) >= 11 is 1.59. The Morgan fingerprint density at radius 2 is 2.14 bits per heavy atom. The molecule has 1 atom stereocenters. The van der Waals surface area contributed by atoms with Crippen LogP contribution in [0.1, 0.15) is 31.7 Å². The number of nitrogens with one attached hydrogen (secondary N) is 1. The van der Waals surface area contributed by atoms with Crippen molar-refractivity contribution in [3.8, 4) is 0 Å². The number of thiophene rings is 1. The molecule has 22 heavy (non-hydrogen) atoms. The van der Waals surface area contributed by atoms with Crippen molar-refractivity contribution in [3.63, 3.8) is 0 Å². The minimum atomic E-state index is -0.907. The van der Waals surface area contributed by atoms with E-state index in [1.807, 2.05) is 29.8 Å². The van der Waals surface area contributed by atoms with E-state index in [4.69, 9.17) is 0 Å². The van der Waals surface area contributed by atoms with Gasteiger partial charge in [0.2, 0.25) is 0 Å². The predicted molar refractivity (Wildman–Crippen MR) is 90.5 cm³/mol. The molecule has 2 aromatic heterocycles. The molecule has 1 fully saturated rings. The van der Waals surface area contributed by atoms with E-state index >= 15 is 0 Å². The molecule has 0 radical (unpaired) electrons. The summed E-state index contributed by atoms with van der Waals surface area (Å²) in [4.78, 5) is 10.9. The average Bonchev–Trinajstić information content (AvgIpc) is 3.10. The lowest BCUT2D eigenvalue weighted by atomic mass is 9.99. The van der Waals surface area contributed by atoms with E-state index in [1.54, 1.807) is 17.7 Å². The molecule has 118 valence electrons. The molecule has 0 amide bonds. The largest absolute Gasteiger partial charge is 0.384 e. The van der Waals surface area contributed by atoms with Crippen LogP contribution in [-0.2, 0) is 5.60 Å². The second-order valence-corrected chi connectivity index (χ2v) is 6.73. The third-order valence-corrected chi connectivity index (χ3v) is 4.77. The summed E-state index contributed by atoms with van der Waals surface area (Å²) in [6.45, 7) is 4.35. The van der Waals surface area contributed by atoms with Gasteiger partial charge in [-0.15, -0.1) is 0 Å². The third-order valence-electron chi connectivity index (χ3n) is 4.09. The summed E-state index contributed by atoms with van der Waals surface area (Å²) in [5.41, 5.74) is 0.0197. The van der Waals surface area contributed by atoms with Gasteiger partial charge in [0, 0.05) is 25.7 Å². The molecule has 3 rings (SSSR count). The van der Waals surface area contributed by atoms with Gasteiger partial charge >= 0.3 is 0 Å². The van der Waals surface area contributed by atoms with Gasteiger partial charge in [0.15, 0.2) is 0 Å². The lowest BCUT2D eigenvalue weighted by molar-refractivity contribution is 0.0719. The monoisotopic (exact) mass is 318 g/mol. The second-order valence-electron chi connectivity index (χ2n) is 5.95. The van der Waals surface area contributed by atoms with E-state index in [0.717, 1.165) is 30.3 Å². The summed E-state index contributed by atoms with van der Waals surface area (Å²) in [6.07, 6.45) is 5.33. The van der Waals surface area contributed by atoms with E-state index in [0.29, 0.717) is 6.54 Å². The van der Waals surface area contributed by atoms with Crippen molar-refractivity contribution in [1.82, 2.24) is 9.97 Å². The Morgan fingerprint density at radius 3 is 2.86 bits per heavy atom. The van der Waals surface area contributed by atoms with E-state index in [9.17, 15) is 5.11 Å². The van der Waals surface area contributed by atoms with Crippen LogP contribution in [0.4, 0.5) is 11.6 Å². The Bertz CT molecular complexity index is 594. The van der Waals surface area contributed by atoms with Gasteiger partial charge in [-0.1, -0.05) is 0 Å². The van der Waals surface area contributed by atoms with Crippen LogP contribution in [0.25, 0.3) is 0 Å². The number of nitrogens with zero attached hydrogens (tertiary/aromatic N) is 3. The van der Waals surface area contributed by atoms with Crippen molar-refractivity contribution in [2.45, 2.75) is 31.8 Å². The summed E-state index contributed by atoms with van der Waals surface area (Å²) in [7, 11) is 0. The Balaban J connectivity index is 1.65. The quantitative estimate of drug-likeness (QED) is 0.887. The van der Waals surface area contributed by atoms with Crippen molar-refractivity contribution in [2.75, 3.05) is 29.9 Å². The Hall–Kier alpha value is -1.66. The SMILES string of the molecule is CC(O)(CNc1cc(N2CCCCC2)ncn1)c1ccsc1. The number of piperidine rings is 1. The van der Waals surface area contributed by atoms with Gasteiger partial charge in [-0.2, -0.15) is 11.3 Å². The van der Waals surface area contributed by atoms with Gasteiger partial charge in [-0.25, -0.2) is 9.97 Å². The number of hydrogen-bond donors (Lipinski definition) is 2. The van der Waals surface area contributed by atoms with Crippen LogP contribution in [0.15, 0.2) is 29.2 Å². The van der Waals surface area contributed by atoms with Crippen LogP contribution in [0, 0.1) is 0 Å². The summed E-state index contributed by atoms with van der Waals surface area (Å²) in [5.74, 6) is 1.72. The maximum Gasteiger partial charge on any atom is 0.134 e. The Kier molecular flexibility index (Phi) is 4.59. The highest BCUT2D eigenvalue weighted by Crippen LogP contribution is 2.24. The van der Waals surface area contributed by atoms with Gasteiger partial charge in [-0.05, 0) is 48.6 Å². The fourth-order valence-electron chi connectivity index (χ4n) is 2.68. The zero-order chi connectivity index (χ0) is 15.4. The molecule has 0 aliphatic carbocycles. The lowest BCUT2D eigenvalue weighted by Crippen LogP contribution is -2.31. The number of hydrogen-bond acceptors (Lipinski definition) is 6. The minimum absolute atomic E-state index is 0.417. The average molecular weight is 318 g/mol. The molecule has 0 aromatic carbocycles. The zero-order valence-corrected chi connectivity index (χ0v) is 13.6. The predicted octanol–water partition coefficient (Wildman–Crippen LogP) is 2.85. The van der Waals surface area contributed by atoms with E-state index < -0.39 is 5.60 Å². The first-order chi connectivity index (χ1) is 10.6. The highest BCUT2D eigenvalue weighted by atomic mass is 32.1. The fourth-order valence-corrected chi connectivity index (χ4v) is 3.46. The van der Waals surface area contributed by atoms with Crippen LogP contribution in [0.5, 0.6) is 0 Å². The topological polar surface area (TPSA) is 61.3 Å². The normalized spacial score (nSPS) is 18.0. The summed E-state index contributed by atoms with van der Waals surface area (Å²) < 4.78 is 0. The summed E-state index contributed by atoms with van der Waals surface area (Å²) in [6, 6.07) is 3.92. The maximum atomic E-state index is 10.5. The van der Waals surface area contributed by atoms with Gasteiger partial charge in [-0.3, -0.25) is 0 Å². The van der Waals surface area contributed by atoms with Gasteiger partial charge in [0.1, 0.15) is 23.6 Å². The lowest BCUT2D eigenvalue weighted by Gasteiger charge is -2.28. The van der Waals surface area contributed by atoms with Crippen molar-refractivity contribution >= 4 is 23.0 Å². The van der Waals surface area contributed by atoms with Crippen molar-refractivity contribution in [1.29, 1.82) is 0 Å². The molecule has 1 unspecified atom stereocenters. The van der Waals surface area contributed by atoms with Crippen LogP contribution in [0.3, 0.4) is 0 Å². The smallest absolute Gasteiger partial charge is 0.134 e. The molecule has 2 aromatic rings. The molecule has 3 heterocycles. The molecule has 2 N–H and O–H groups in total. The molecule has 1 aliphatic heterocycles. The molecule has 0 spiro atoms.